The van der Waals surface area contributed by atoms with E-state index < -0.39 is 0 Å². The number of thiazole rings is 1. The highest BCUT2D eigenvalue weighted by atomic mass is 35.5. The van der Waals surface area contributed by atoms with E-state index in [1.165, 1.54) is 0 Å². The fourth-order valence-corrected chi connectivity index (χ4v) is 2.20. The van der Waals surface area contributed by atoms with Gasteiger partial charge >= 0.3 is 0 Å². The topological polar surface area (TPSA) is 42.0 Å². The summed E-state index contributed by atoms with van der Waals surface area (Å²) in [6.45, 7) is 0. The van der Waals surface area contributed by atoms with E-state index in [1.807, 2.05) is 11.4 Å². The molecule has 1 heterocycles. The molecule has 1 N–H and O–H groups in total. The van der Waals surface area contributed by atoms with Gasteiger partial charge in [0.15, 0.2) is 0 Å². The quantitative estimate of drug-likeness (QED) is 0.922. The van der Waals surface area contributed by atoms with Crippen molar-refractivity contribution < 1.29 is 4.79 Å². The van der Waals surface area contributed by atoms with E-state index in [1.54, 1.807) is 35.7 Å². The molecule has 1 aromatic carbocycles. The van der Waals surface area contributed by atoms with Gasteiger partial charge in [-0.25, -0.2) is 4.98 Å². The lowest BCUT2D eigenvalue weighted by atomic mass is 10.2. The van der Waals surface area contributed by atoms with Gasteiger partial charge < -0.3 is 5.32 Å². The number of nitrogens with zero attached hydrogens (tertiary/aromatic N) is 1. The van der Waals surface area contributed by atoms with Crippen molar-refractivity contribution in [1.29, 1.82) is 0 Å². The number of benzene rings is 1. The number of nitrogens with one attached hydrogen (secondary N) is 1. The van der Waals surface area contributed by atoms with Crippen LogP contribution in [0.15, 0.2) is 35.8 Å². The van der Waals surface area contributed by atoms with E-state index >= 15 is 0 Å². The Morgan fingerprint density at radius 3 is 3.06 bits per heavy atom. The predicted molar refractivity (Wildman–Crippen MR) is 70.5 cm³/mol. The Morgan fingerprint density at radius 1 is 1.47 bits per heavy atom. The molecule has 0 fully saturated rings. The maximum Gasteiger partial charge on any atom is 0.224 e. The molecule has 0 radical (unpaired) electrons. The van der Waals surface area contributed by atoms with Gasteiger partial charge in [-0.05, 0) is 18.2 Å². The molecule has 1 aromatic heterocycles. The largest absolute Gasteiger partial charge is 0.326 e. The van der Waals surface area contributed by atoms with Crippen molar-refractivity contribution in [3.63, 3.8) is 0 Å². The Kier molecular flexibility index (Phi) is 4.12. The summed E-state index contributed by atoms with van der Waals surface area (Å²) in [7, 11) is 0. The Hall–Kier alpha value is -1.39. The smallest absolute Gasteiger partial charge is 0.224 e. The molecular weight excluding hydrogens is 256 g/mol. The van der Waals surface area contributed by atoms with E-state index in [0.29, 0.717) is 17.9 Å². The standard InChI is InChI=1S/C12H11ClN2OS/c13-9-2-1-3-10(8-9)15-11(16)4-5-12-14-6-7-17-12/h1-3,6-8H,4-5H2,(H,15,16). The van der Waals surface area contributed by atoms with Gasteiger partial charge in [0.25, 0.3) is 0 Å². The molecule has 0 spiro atoms. The van der Waals surface area contributed by atoms with Crippen molar-refractivity contribution in [1.82, 2.24) is 4.98 Å². The highest BCUT2D eigenvalue weighted by Crippen LogP contribution is 2.15. The average molecular weight is 267 g/mol. The first-order chi connectivity index (χ1) is 8.24. The van der Waals surface area contributed by atoms with Crippen LogP contribution in [0, 0.1) is 0 Å². The van der Waals surface area contributed by atoms with Gasteiger partial charge in [0.1, 0.15) is 0 Å². The molecule has 2 aromatic rings. The van der Waals surface area contributed by atoms with Crippen molar-refractivity contribution in [2.45, 2.75) is 12.8 Å². The zero-order chi connectivity index (χ0) is 12.1. The Balaban J connectivity index is 1.85. The number of aryl methyl sites for hydroxylation is 1. The van der Waals surface area contributed by atoms with Crippen LogP contribution in [0.2, 0.25) is 5.02 Å². The number of aromatic nitrogens is 1. The molecule has 88 valence electrons. The van der Waals surface area contributed by atoms with Crippen LogP contribution in [-0.4, -0.2) is 10.9 Å². The third-order valence-electron chi connectivity index (χ3n) is 2.16. The second-order valence-electron chi connectivity index (χ2n) is 3.48. The zero-order valence-electron chi connectivity index (χ0n) is 9.02. The van der Waals surface area contributed by atoms with Crippen LogP contribution in [0.25, 0.3) is 0 Å². The number of anilines is 1. The molecule has 0 saturated heterocycles. The summed E-state index contributed by atoms with van der Waals surface area (Å²) in [5.41, 5.74) is 0.724. The van der Waals surface area contributed by atoms with Crippen LogP contribution in [0.3, 0.4) is 0 Å². The summed E-state index contributed by atoms with van der Waals surface area (Å²) in [5.74, 6) is -0.0255. The van der Waals surface area contributed by atoms with Gasteiger partial charge in [0.2, 0.25) is 5.91 Å². The van der Waals surface area contributed by atoms with Crippen LogP contribution in [0.1, 0.15) is 11.4 Å². The molecule has 0 aliphatic heterocycles. The fraction of sp³-hybridized carbons (Fsp3) is 0.167. The van der Waals surface area contributed by atoms with Crippen LogP contribution in [0.5, 0.6) is 0 Å². The first kappa shape index (κ1) is 12.1. The molecular formula is C12H11ClN2OS. The lowest BCUT2D eigenvalue weighted by Gasteiger charge is -2.04. The van der Waals surface area contributed by atoms with Gasteiger partial charge in [-0.2, -0.15) is 0 Å². The highest BCUT2D eigenvalue weighted by molar-refractivity contribution is 7.09. The van der Waals surface area contributed by atoms with Crippen molar-refractivity contribution in [2.24, 2.45) is 0 Å². The molecule has 0 aliphatic rings. The fourth-order valence-electron chi connectivity index (χ4n) is 1.39. The molecule has 5 heteroatoms. The molecule has 0 saturated carbocycles. The van der Waals surface area contributed by atoms with Crippen molar-refractivity contribution in [3.8, 4) is 0 Å². The summed E-state index contributed by atoms with van der Waals surface area (Å²) in [5, 5.41) is 6.30. The minimum atomic E-state index is -0.0255. The maximum atomic E-state index is 11.6. The highest BCUT2D eigenvalue weighted by Gasteiger charge is 2.04. The van der Waals surface area contributed by atoms with E-state index in [2.05, 4.69) is 10.3 Å². The van der Waals surface area contributed by atoms with Crippen LogP contribution in [-0.2, 0) is 11.2 Å². The second-order valence-corrected chi connectivity index (χ2v) is 4.90. The summed E-state index contributed by atoms with van der Waals surface area (Å²) < 4.78 is 0. The summed E-state index contributed by atoms with van der Waals surface area (Å²) >= 11 is 7.39. The van der Waals surface area contributed by atoms with Crippen molar-refractivity contribution >= 4 is 34.5 Å². The van der Waals surface area contributed by atoms with Crippen molar-refractivity contribution in [2.75, 3.05) is 5.32 Å². The SMILES string of the molecule is O=C(CCc1nccs1)Nc1cccc(Cl)c1. The number of hydrogen-bond donors (Lipinski definition) is 1. The molecule has 3 nitrogen and oxygen atoms in total. The van der Waals surface area contributed by atoms with E-state index in [4.69, 9.17) is 11.6 Å². The van der Waals surface area contributed by atoms with Crippen LogP contribution in [0.4, 0.5) is 5.69 Å². The monoisotopic (exact) mass is 266 g/mol. The normalized spacial score (nSPS) is 10.2. The number of carbonyl (C=O) groups excluding carboxylic acids is 1. The summed E-state index contributed by atoms with van der Waals surface area (Å²) in [6.07, 6.45) is 2.85. The Labute approximate surface area is 108 Å². The number of amides is 1. The molecule has 0 aliphatic carbocycles. The first-order valence-corrected chi connectivity index (χ1v) is 6.43. The summed E-state index contributed by atoms with van der Waals surface area (Å²) in [6, 6.07) is 7.11. The third-order valence-corrected chi connectivity index (χ3v) is 3.23. The first-order valence-electron chi connectivity index (χ1n) is 5.18. The third kappa shape index (κ3) is 3.84. The van der Waals surface area contributed by atoms with Crippen LogP contribution >= 0.6 is 22.9 Å². The van der Waals surface area contributed by atoms with E-state index in [-0.39, 0.29) is 5.91 Å². The Bertz CT molecular complexity index is 499. The predicted octanol–water partition coefficient (Wildman–Crippen LogP) is 3.37. The number of hydrogen-bond acceptors (Lipinski definition) is 3. The lowest BCUT2D eigenvalue weighted by molar-refractivity contribution is -0.116. The van der Waals surface area contributed by atoms with Gasteiger partial charge in [-0.3, -0.25) is 4.79 Å². The van der Waals surface area contributed by atoms with Gasteiger partial charge in [0.05, 0.1) is 5.01 Å². The van der Waals surface area contributed by atoms with Crippen LogP contribution < -0.4 is 5.32 Å². The van der Waals surface area contributed by atoms with E-state index in [9.17, 15) is 4.79 Å². The average Bonchev–Trinajstić information content (AvgIpc) is 2.79. The molecule has 0 unspecified atom stereocenters. The van der Waals surface area contributed by atoms with Gasteiger partial charge in [-0.1, -0.05) is 17.7 Å². The number of carbonyl (C=O) groups is 1. The van der Waals surface area contributed by atoms with Gasteiger partial charge in [-0.15, -0.1) is 11.3 Å². The lowest BCUT2D eigenvalue weighted by Crippen LogP contribution is -2.12. The minimum absolute atomic E-state index is 0.0255. The zero-order valence-corrected chi connectivity index (χ0v) is 10.6. The molecule has 0 bridgehead atoms. The molecule has 0 atom stereocenters. The minimum Gasteiger partial charge on any atom is -0.326 e. The van der Waals surface area contributed by atoms with E-state index in [0.717, 1.165) is 10.7 Å². The van der Waals surface area contributed by atoms with Gasteiger partial charge in [0, 0.05) is 35.1 Å². The molecule has 17 heavy (non-hydrogen) atoms. The number of rotatable bonds is 4. The maximum absolute atomic E-state index is 11.6. The molecule has 2 rings (SSSR count). The molecule has 1 amide bonds. The summed E-state index contributed by atoms with van der Waals surface area (Å²) in [4.78, 5) is 15.8. The Morgan fingerprint density at radius 2 is 2.35 bits per heavy atom. The number of halogens is 1. The second kappa shape index (κ2) is 5.80. The van der Waals surface area contributed by atoms with Crippen molar-refractivity contribution in [3.05, 3.63) is 45.9 Å².